The van der Waals surface area contributed by atoms with E-state index in [1.807, 2.05) is 0 Å². The highest BCUT2D eigenvalue weighted by molar-refractivity contribution is 5.87. The van der Waals surface area contributed by atoms with Crippen molar-refractivity contribution >= 4 is 10.9 Å². The van der Waals surface area contributed by atoms with Gasteiger partial charge in [0, 0.05) is 36.1 Å². The number of hydrogen-bond donors (Lipinski definition) is 0. The Morgan fingerprint density at radius 2 is 2.10 bits per heavy atom. The average Bonchev–Trinajstić information content (AvgIpc) is 2.75. The topological polar surface area (TPSA) is 17.4 Å². The van der Waals surface area contributed by atoms with Crippen molar-refractivity contribution in [2.75, 3.05) is 13.2 Å². The maximum Gasteiger partial charge on any atom is 0.113 e. The van der Waals surface area contributed by atoms with E-state index < -0.39 is 0 Å². The third-order valence-corrected chi connectivity index (χ3v) is 5.62. The number of fused-ring (bicyclic) bond motifs is 3. The molecule has 1 aliphatic carbocycles. The lowest BCUT2D eigenvalue weighted by Gasteiger charge is -2.46. The van der Waals surface area contributed by atoms with E-state index >= 15 is 0 Å². The fraction of sp³-hybridized carbons (Fsp3) is 0.556. The molecule has 1 aromatic heterocycles. The fourth-order valence-corrected chi connectivity index (χ4v) is 4.57. The Kier molecular flexibility index (Phi) is 2.53. The van der Waals surface area contributed by atoms with Crippen molar-refractivity contribution in [3.8, 4) is 0 Å². The number of aryl methyl sites for hydroxylation is 2. The van der Waals surface area contributed by atoms with E-state index in [1.54, 1.807) is 11.3 Å². The molecule has 3 heteroatoms. The molecular weight excluding hydrogens is 260 g/mol. The van der Waals surface area contributed by atoms with Crippen LogP contribution in [0.25, 0.3) is 10.9 Å². The SMILES string of the molecule is Cc1ccc2c(c1)c1c3n2CCN([C@@H]2CCO2)[C@@H]3CCC1. The predicted octanol–water partition coefficient (Wildman–Crippen LogP) is 3.39. The molecule has 0 bridgehead atoms. The van der Waals surface area contributed by atoms with Crippen LogP contribution >= 0.6 is 0 Å². The monoisotopic (exact) mass is 282 g/mol. The highest BCUT2D eigenvalue weighted by Gasteiger charge is 2.39. The van der Waals surface area contributed by atoms with Crippen LogP contribution < -0.4 is 0 Å². The van der Waals surface area contributed by atoms with Gasteiger partial charge in [0.25, 0.3) is 0 Å². The fourth-order valence-electron chi connectivity index (χ4n) is 4.57. The summed E-state index contributed by atoms with van der Waals surface area (Å²) < 4.78 is 8.39. The molecule has 0 amide bonds. The van der Waals surface area contributed by atoms with Gasteiger partial charge in [-0.1, -0.05) is 11.6 Å². The van der Waals surface area contributed by atoms with Gasteiger partial charge in [0.05, 0.1) is 12.6 Å². The van der Waals surface area contributed by atoms with Gasteiger partial charge in [0.2, 0.25) is 0 Å². The van der Waals surface area contributed by atoms with Crippen LogP contribution in [0.1, 0.15) is 42.1 Å². The van der Waals surface area contributed by atoms with Crippen LogP contribution in [-0.4, -0.2) is 28.8 Å². The highest BCUT2D eigenvalue weighted by atomic mass is 16.5. The second-order valence-corrected chi connectivity index (χ2v) is 6.80. The summed E-state index contributed by atoms with van der Waals surface area (Å²) in [5, 5.41) is 1.51. The van der Waals surface area contributed by atoms with Gasteiger partial charge in [-0.05, 0) is 43.9 Å². The van der Waals surface area contributed by atoms with Crippen LogP contribution in [0.2, 0.25) is 0 Å². The van der Waals surface area contributed by atoms with Crippen molar-refractivity contribution in [3.05, 3.63) is 35.0 Å². The molecule has 3 nitrogen and oxygen atoms in total. The maximum absolute atomic E-state index is 5.79. The van der Waals surface area contributed by atoms with Crippen molar-refractivity contribution in [1.29, 1.82) is 0 Å². The highest BCUT2D eigenvalue weighted by Crippen LogP contribution is 2.44. The molecule has 3 heterocycles. The number of hydrogen-bond acceptors (Lipinski definition) is 2. The van der Waals surface area contributed by atoms with Crippen LogP contribution in [0.15, 0.2) is 18.2 Å². The number of nitrogens with zero attached hydrogens (tertiary/aromatic N) is 2. The molecule has 5 rings (SSSR count). The largest absolute Gasteiger partial charge is 0.363 e. The normalized spacial score (nSPS) is 28.4. The van der Waals surface area contributed by atoms with Crippen LogP contribution in [0, 0.1) is 6.92 Å². The van der Waals surface area contributed by atoms with E-state index in [0.29, 0.717) is 12.3 Å². The molecule has 1 saturated heterocycles. The lowest BCUT2D eigenvalue weighted by atomic mass is 9.89. The Morgan fingerprint density at radius 3 is 2.90 bits per heavy atom. The summed E-state index contributed by atoms with van der Waals surface area (Å²) in [6.07, 6.45) is 5.45. The molecule has 3 aliphatic rings. The zero-order valence-corrected chi connectivity index (χ0v) is 12.6. The zero-order chi connectivity index (χ0) is 14.0. The molecule has 2 aliphatic heterocycles. The second kappa shape index (κ2) is 4.34. The van der Waals surface area contributed by atoms with Crippen LogP contribution in [-0.2, 0) is 17.7 Å². The minimum Gasteiger partial charge on any atom is -0.363 e. The van der Waals surface area contributed by atoms with E-state index in [4.69, 9.17) is 4.74 Å². The molecular formula is C18H22N2O. The molecule has 21 heavy (non-hydrogen) atoms. The summed E-state index contributed by atoms with van der Waals surface area (Å²) in [5.74, 6) is 0. The standard InChI is InChI=1S/C18H22N2O/c1-12-5-6-15-14(11-12)13-3-2-4-16-18(13)20(15)9-8-19(16)17-7-10-21-17/h5-6,11,16-17H,2-4,7-10H2,1H3/t16-,17+/m1/s1. The molecule has 0 spiro atoms. The Morgan fingerprint density at radius 1 is 1.19 bits per heavy atom. The summed E-state index contributed by atoms with van der Waals surface area (Å²) in [4.78, 5) is 2.63. The summed E-state index contributed by atoms with van der Waals surface area (Å²) in [6, 6.07) is 7.56. The van der Waals surface area contributed by atoms with E-state index in [1.165, 1.54) is 42.1 Å². The molecule has 0 N–H and O–H groups in total. The van der Waals surface area contributed by atoms with E-state index in [2.05, 4.69) is 34.6 Å². The van der Waals surface area contributed by atoms with Gasteiger partial charge < -0.3 is 9.30 Å². The van der Waals surface area contributed by atoms with Crippen LogP contribution in [0.3, 0.4) is 0 Å². The summed E-state index contributed by atoms with van der Waals surface area (Å²) in [7, 11) is 0. The Bertz CT molecular complexity index is 714. The molecule has 2 atom stereocenters. The maximum atomic E-state index is 5.79. The Labute approximate surface area is 125 Å². The molecule has 1 aromatic carbocycles. The minimum atomic E-state index is 0.384. The molecule has 1 fully saturated rings. The first kappa shape index (κ1) is 12.2. The number of benzene rings is 1. The van der Waals surface area contributed by atoms with E-state index in [9.17, 15) is 0 Å². The van der Waals surface area contributed by atoms with Crippen molar-refractivity contribution < 1.29 is 4.74 Å². The zero-order valence-electron chi connectivity index (χ0n) is 12.6. The molecule has 0 radical (unpaired) electrons. The van der Waals surface area contributed by atoms with Gasteiger partial charge in [0.15, 0.2) is 0 Å². The number of aromatic nitrogens is 1. The smallest absolute Gasteiger partial charge is 0.113 e. The average molecular weight is 282 g/mol. The lowest BCUT2D eigenvalue weighted by molar-refractivity contribution is -0.166. The number of rotatable bonds is 1. The van der Waals surface area contributed by atoms with E-state index in [0.717, 1.165) is 19.7 Å². The minimum absolute atomic E-state index is 0.384. The molecule has 0 unspecified atom stereocenters. The quantitative estimate of drug-likeness (QED) is 0.797. The van der Waals surface area contributed by atoms with Crippen molar-refractivity contribution in [2.45, 2.75) is 51.4 Å². The molecule has 2 aromatic rings. The first-order valence-corrected chi connectivity index (χ1v) is 8.32. The Hall–Kier alpha value is -1.32. The second-order valence-electron chi connectivity index (χ2n) is 6.80. The summed E-state index contributed by atoms with van der Waals surface area (Å²) in [6.45, 7) is 5.41. The third kappa shape index (κ3) is 1.62. The Balaban J connectivity index is 1.71. The summed E-state index contributed by atoms with van der Waals surface area (Å²) in [5.41, 5.74) is 6.05. The van der Waals surface area contributed by atoms with Gasteiger partial charge in [0.1, 0.15) is 6.23 Å². The first-order chi connectivity index (χ1) is 10.3. The van der Waals surface area contributed by atoms with Crippen LogP contribution in [0.5, 0.6) is 0 Å². The van der Waals surface area contributed by atoms with Gasteiger partial charge >= 0.3 is 0 Å². The third-order valence-electron chi connectivity index (χ3n) is 5.62. The summed E-state index contributed by atoms with van der Waals surface area (Å²) >= 11 is 0. The van der Waals surface area contributed by atoms with Crippen molar-refractivity contribution in [1.82, 2.24) is 9.47 Å². The van der Waals surface area contributed by atoms with E-state index in [-0.39, 0.29) is 0 Å². The number of ether oxygens (including phenoxy) is 1. The van der Waals surface area contributed by atoms with Crippen molar-refractivity contribution in [2.24, 2.45) is 0 Å². The predicted molar refractivity (Wildman–Crippen MR) is 83.4 cm³/mol. The van der Waals surface area contributed by atoms with Gasteiger partial charge in [-0.3, -0.25) is 4.90 Å². The van der Waals surface area contributed by atoms with Crippen molar-refractivity contribution in [3.63, 3.8) is 0 Å². The van der Waals surface area contributed by atoms with Gasteiger partial charge in [-0.25, -0.2) is 0 Å². The lowest BCUT2D eigenvalue weighted by Crippen LogP contribution is -2.51. The molecule has 110 valence electrons. The van der Waals surface area contributed by atoms with Gasteiger partial charge in [-0.15, -0.1) is 0 Å². The first-order valence-electron chi connectivity index (χ1n) is 8.32. The molecule has 0 saturated carbocycles. The van der Waals surface area contributed by atoms with Gasteiger partial charge in [-0.2, -0.15) is 0 Å². The van der Waals surface area contributed by atoms with Crippen LogP contribution in [0.4, 0.5) is 0 Å².